The Morgan fingerprint density at radius 1 is 1.12 bits per heavy atom. The first-order valence-electron chi connectivity index (χ1n) is 8.79. The molecule has 0 saturated carbocycles. The van der Waals surface area contributed by atoms with Gasteiger partial charge in [0.2, 0.25) is 5.91 Å². The average Bonchev–Trinajstić information content (AvgIpc) is 3.10. The van der Waals surface area contributed by atoms with E-state index in [-0.39, 0.29) is 5.91 Å². The molecule has 0 aliphatic rings. The number of aryl methyl sites for hydroxylation is 1. The predicted octanol–water partition coefficient (Wildman–Crippen LogP) is 3.71. The fourth-order valence-electron chi connectivity index (χ4n) is 2.69. The van der Waals surface area contributed by atoms with Crippen LogP contribution in [0.3, 0.4) is 0 Å². The van der Waals surface area contributed by atoms with Crippen LogP contribution in [0.2, 0.25) is 0 Å². The maximum Gasteiger partial charge on any atom is 0.244 e. The van der Waals surface area contributed by atoms with Crippen molar-refractivity contribution in [2.45, 2.75) is 32.9 Å². The highest BCUT2D eigenvalue weighted by molar-refractivity contribution is 7.07. The van der Waals surface area contributed by atoms with Gasteiger partial charge < -0.3 is 5.32 Å². The van der Waals surface area contributed by atoms with Crippen molar-refractivity contribution in [1.82, 2.24) is 9.88 Å². The molecule has 0 aliphatic carbocycles. The number of hydrogen-bond acceptors (Lipinski definition) is 3. The largest absolute Gasteiger partial charge is 0.350 e. The lowest BCUT2D eigenvalue weighted by molar-refractivity contribution is -0.122. The first-order chi connectivity index (χ1) is 12.7. The molecule has 0 bridgehead atoms. The molecule has 1 atom stereocenters. The van der Waals surface area contributed by atoms with E-state index in [0.717, 1.165) is 22.5 Å². The van der Waals surface area contributed by atoms with Gasteiger partial charge in [0.15, 0.2) is 4.80 Å². The molecular weight excluding hydrogens is 342 g/mol. The van der Waals surface area contributed by atoms with Crippen molar-refractivity contribution in [3.63, 3.8) is 0 Å². The molecule has 2 aromatic carbocycles. The minimum Gasteiger partial charge on any atom is -0.350 e. The van der Waals surface area contributed by atoms with Gasteiger partial charge in [-0.05, 0) is 31.0 Å². The number of rotatable bonds is 6. The quantitative estimate of drug-likeness (QED) is 0.711. The van der Waals surface area contributed by atoms with E-state index < -0.39 is 6.04 Å². The summed E-state index contributed by atoms with van der Waals surface area (Å²) in [5, 5.41) is 5.07. The van der Waals surface area contributed by atoms with E-state index in [2.05, 4.69) is 39.3 Å². The smallest absolute Gasteiger partial charge is 0.244 e. The highest BCUT2D eigenvalue weighted by Gasteiger charge is 2.13. The van der Waals surface area contributed by atoms with Crippen molar-refractivity contribution in [3.05, 3.63) is 82.1 Å². The maximum absolute atomic E-state index is 12.4. The molecule has 3 aromatic rings. The number of nitrogens with zero attached hydrogens (tertiary/aromatic N) is 2. The molecule has 1 heterocycles. The molecule has 1 aromatic heterocycles. The van der Waals surface area contributed by atoms with Crippen LogP contribution < -0.4 is 10.1 Å². The first-order valence-corrected chi connectivity index (χ1v) is 9.67. The number of para-hydroxylation sites is 1. The molecule has 0 unspecified atom stereocenters. The van der Waals surface area contributed by atoms with Gasteiger partial charge in [0, 0.05) is 23.3 Å². The van der Waals surface area contributed by atoms with Crippen LogP contribution in [0.15, 0.2) is 71.0 Å². The van der Waals surface area contributed by atoms with E-state index in [9.17, 15) is 4.79 Å². The number of amides is 1. The highest BCUT2D eigenvalue weighted by atomic mass is 32.1. The fraction of sp³-hybridized carbons (Fsp3) is 0.238. The van der Waals surface area contributed by atoms with Crippen LogP contribution in [0, 0.1) is 0 Å². The molecule has 0 spiro atoms. The summed E-state index contributed by atoms with van der Waals surface area (Å²) in [5.41, 5.74) is 3.34. The third-order valence-corrected chi connectivity index (χ3v) is 5.04. The Labute approximate surface area is 157 Å². The number of thiazole rings is 1. The minimum absolute atomic E-state index is 0.0695. The van der Waals surface area contributed by atoms with Crippen LogP contribution in [-0.2, 0) is 17.8 Å². The zero-order chi connectivity index (χ0) is 18.4. The van der Waals surface area contributed by atoms with Crippen molar-refractivity contribution in [2.75, 3.05) is 0 Å². The number of aromatic nitrogens is 1. The zero-order valence-corrected chi connectivity index (χ0v) is 15.9. The van der Waals surface area contributed by atoms with Gasteiger partial charge >= 0.3 is 0 Å². The van der Waals surface area contributed by atoms with Crippen LogP contribution in [-0.4, -0.2) is 16.5 Å². The van der Waals surface area contributed by atoms with Crippen molar-refractivity contribution in [2.24, 2.45) is 4.99 Å². The summed E-state index contributed by atoms with van der Waals surface area (Å²) in [6.45, 7) is 4.48. The fourth-order valence-corrected chi connectivity index (χ4v) is 3.75. The van der Waals surface area contributed by atoms with E-state index in [1.54, 1.807) is 11.3 Å². The van der Waals surface area contributed by atoms with E-state index in [0.29, 0.717) is 6.54 Å². The Balaban J connectivity index is 1.81. The van der Waals surface area contributed by atoms with Crippen LogP contribution in [0.4, 0.5) is 0 Å². The molecule has 1 amide bonds. The van der Waals surface area contributed by atoms with Crippen molar-refractivity contribution < 1.29 is 4.79 Å². The van der Waals surface area contributed by atoms with Gasteiger partial charge in [0.1, 0.15) is 6.04 Å². The Bertz CT molecular complexity index is 913. The molecule has 3 rings (SSSR count). The lowest BCUT2D eigenvalue weighted by Gasteiger charge is -2.10. The van der Waals surface area contributed by atoms with E-state index in [1.807, 2.05) is 55.5 Å². The standard InChI is InChI=1S/C21H23N3OS/c1-3-18-15-26-21(24(18)19-12-8-5-9-13-19)23-16(2)20(25)22-14-17-10-6-4-7-11-17/h4-13,15-16H,3,14H2,1-2H3,(H,22,25)/t16-/m0/s1. The predicted molar refractivity (Wildman–Crippen MR) is 106 cm³/mol. The average molecular weight is 366 g/mol. The Hall–Kier alpha value is -2.66. The summed E-state index contributed by atoms with van der Waals surface area (Å²) in [4.78, 5) is 18.0. The molecule has 1 N–H and O–H groups in total. The summed E-state index contributed by atoms with van der Waals surface area (Å²) in [7, 11) is 0. The first kappa shape index (κ1) is 18.1. The summed E-state index contributed by atoms with van der Waals surface area (Å²) >= 11 is 1.57. The minimum atomic E-state index is -0.447. The Morgan fingerprint density at radius 2 is 1.77 bits per heavy atom. The van der Waals surface area contributed by atoms with E-state index in [1.165, 1.54) is 5.69 Å². The second-order valence-electron chi connectivity index (χ2n) is 6.04. The summed E-state index contributed by atoms with van der Waals surface area (Å²) in [6, 6.07) is 19.6. The molecule has 0 radical (unpaired) electrons. The topological polar surface area (TPSA) is 46.4 Å². The van der Waals surface area contributed by atoms with Gasteiger partial charge in [-0.2, -0.15) is 0 Å². The van der Waals surface area contributed by atoms with Gasteiger partial charge in [-0.1, -0.05) is 55.5 Å². The molecule has 134 valence electrons. The zero-order valence-electron chi connectivity index (χ0n) is 15.1. The monoisotopic (exact) mass is 365 g/mol. The summed E-state index contributed by atoms with van der Waals surface area (Å²) in [5.74, 6) is -0.0695. The highest BCUT2D eigenvalue weighted by Crippen LogP contribution is 2.12. The summed E-state index contributed by atoms with van der Waals surface area (Å²) in [6.07, 6.45) is 0.912. The van der Waals surface area contributed by atoms with Crippen LogP contribution in [0.1, 0.15) is 25.1 Å². The van der Waals surface area contributed by atoms with E-state index >= 15 is 0 Å². The number of benzene rings is 2. The Morgan fingerprint density at radius 3 is 2.42 bits per heavy atom. The van der Waals surface area contributed by atoms with Crippen molar-refractivity contribution >= 4 is 17.2 Å². The van der Waals surface area contributed by atoms with Crippen molar-refractivity contribution in [1.29, 1.82) is 0 Å². The maximum atomic E-state index is 12.4. The normalized spacial score (nSPS) is 12.8. The Kier molecular flexibility index (Phi) is 6.02. The molecule has 5 heteroatoms. The number of carbonyl (C=O) groups is 1. The molecular formula is C21H23N3OS. The van der Waals surface area contributed by atoms with Gasteiger partial charge in [0.05, 0.1) is 0 Å². The van der Waals surface area contributed by atoms with Crippen LogP contribution in [0.25, 0.3) is 5.69 Å². The molecule has 4 nitrogen and oxygen atoms in total. The lowest BCUT2D eigenvalue weighted by Crippen LogP contribution is -2.33. The molecule has 0 aliphatic heterocycles. The van der Waals surface area contributed by atoms with Gasteiger partial charge in [-0.25, -0.2) is 4.99 Å². The third-order valence-electron chi connectivity index (χ3n) is 4.15. The SMILES string of the molecule is CCc1csc(=N[C@@H](C)C(=O)NCc2ccccc2)n1-c1ccccc1. The molecule has 0 saturated heterocycles. The third kappa shape index (κ3) is 4.29. The van der Waals surface area contributed by atoms with E-state index in [4.69, 9.17) is 0 Å². The van der Waals surface area contributed by atoms with Crippen molar-refractivity contribution in [3.8, 4) is 5.69 Å². The second kappa shape index (κ2) is 8.63. The van der Waals surface area contributed by atoms with Crippen LogP contribution >= 0.6 is 11.3 Å². The second-order valence-corrected chi connectivity index (χ2v) is 6.88. The van der Waals surface area contributed by atoms with Gasteiger partial charge in [0.25, 0.3) is 0 Å². The summed E-state index contributed by atoms with van der Waals surface area (Å²) < 4.78 is 2.13. The van der Waals surface area contributed by atoms with Gasteiger partial charge in [-0.3, -0.25) is 9.36 Å². The lowest BCUT2D eigenvalue weighted by atomic mass is 10.2. The van der Waals surface area contributed by atoms with Gasteiger partial charge in [-0.15, -0.1) is 11.3 Å². The number of nitrogens with one attached hydrogen (secondary N) is 1. The number of hydrogen-bond donors (Lipinski definition) is 1. The molecule has 26 heavy (non-hydrogen) atoms. The van der Waals surface area contributed by atoms with Crippen LogP contribution in [0.5, 0.6) is 0 Å². The molecule has 0 fully saturated rings. The number of carbonyl (C=O) groups excluding carboxylic acids is 1.